The third-order valence-electron chi connectivity index (χ3n) is 14.8. The molecule has 0 saturated carbocycles. The Morgan fingerprint density at radius 2 is 0.746 bits per heavy atom. The third kappa shape index (κ3) is 6.60. The minimum absolute atomic E-state index is 0.335. The number of furan rings is 2. The SMILES string of the molecule is CC1(C)c2cc(N(c3ccccc3)c3cccc(-c4ccc5c(c4)oc4ccccc45)c3)ccc2-c2c1cc(N(c1ccccc1)c1cccc(-c3ccc4c(c3)oc3ccccc34)c1)c1ccccc21. The van der Waals surface area contributed by atoms with E-state index in [4.69, 9.17) is 8.83 Å². The average Bonchev–Trinajstić information content (AvgIpc) is 4.06. The molecule has 0 radical (unpaired) electrons. The zero-order valence-corrected chi connectivity index (χ0v) is 39.3. The number of anilines is 6. The van der Waals surface area contributed by atoms with Crippen LogP contribution in [0.2, 0.25) is 0 Å². The summed E-state index contributed by atoms with van der Waals surface area (Å²) in [4.78, 5) is 4.83. The van der Waals surface area contributed by atoms with Crippen molar-refractivity contribution < 1.29 is 8.83 Å². The molecule has 2 aromatic heterocycles. The molecule has 2 heterocycles. The van der Waals surface area contributed by atoms with Gasteiger partial charge in [-0.3, -0.25) is 0 Å². The first-order valence-corrected chi connectivity index (χ1v) is 24.4. The smallest absolute Gasteiger partial charge is 0.136 e. The Balaban J connectivity index is 0.887. The second-order valence-corrected chi connectivity index (χ2v) is 19.3. The van der Waals surface area contributed by atoms with E-state index in [1.54, 1.807) is 0 Å². The molecular formula is C67H46N2O2. The minimum Gasteiger partial charge on any atom is -0.456 e. The predicted molar refractivity (Wildman–Crippen MR) is 296 cm³/mol. The number of nitrogens with zero attached hydrogens (tertiary/aromatic N) is 2. The van der Waals surface area contributed by atoms with Gasteiger partial charge in [0.1, 0.15) is 22.3 Å². The molecule has 11 aromatic carbocycles. The van der Waals surface area contributed by atoms with Crippen LogP contribution in [0.15, 0.2) is 251 Å². The van der Waals surface area contributed by atoms with Crippen molar-refractivity contribution in [1.82, 2.24) is 0 Å². The van der Waals surface area contributed by atoms with Crippen LogP contribution in [0.1, 0.15) is 25.0 Å². The Labute approximate surface area is 411 Å². The molecule has 336 valence electrons. The zero-order valence-electron chi connectivity index (χ0n) is 39.3. The molecule has 0 aliphatic heterocycles. The highest BCUT2D eigenvalue weighted by atomic mass is 16.3. The van der Waals surface area contributed by atoms with Crippen molar-refractivity contribution >= 4 is 88.8 Å². The highest BCUT2D eigenvalue weighted by molar-refractivity contribution is 6.11. The van der Waals surface area contributed by atoms with E-state index in [0.29, 0.717) is 0 Å². The molecule has 0 amide bonds. The van der Waals surface area contributed by atoms with Gasteiger partial charge < -0.3 is 18.6 Å². The molecule has 0 atom stereocenters. The number of hydrogen-bond donors (Lipinski definition) is 0. The van der Waals surface area contributed by atoms with Crippen LogP contribution in [0.5, 0.6) is 0 Å². The molecule has 0 fully saturated rings. The highest BCUT2D eigenvalue weighted by Gasteiger charge is 2.38. The molecule has 1 aliphatic rings. The van der Waals surface area contributed by atoms with E-state index >= 15 is 0 Å². The number of fused-ring (bicyclic) bond motifs is 11. The van der Waals surface area contributed by atoms with Crippen LogP contribution in [0.25, 0.3) is 88.0 Å². The quantitative estimate of drug-likeness (QED) is 0.152. The van der Waals surface area contributed by atoms with Crippen LogP contribution in [0.3, 0.4) is 0 Å². The Morgan fingerprint density at radius 3 is 1.34 bits per heavy atom. The largest absolute Gasteiger partial charge is 0.456 e. The van der Waals surface area contributed by atoms with Gasteiger partial charge in [0.05, 0.1) is 5.69 Å². The van der Waals surface area contributed by atoms with Gasteiger partial charge in [0.2, 0.25) is 0 Å². The number of para-hydroxylation sites is 4. The molecule has 4 nitrogen and oxygen atoms in total. The fourth-order valence-corrected chi connectivity index (χ4v) is 11.4. The van der Waals surface area contributed by atoms with Crippen LogP contribution >= 0.6 is 0 Å². The van der Waals surface area contributed by atoms with E-state index in [-0.39, 0.29) is 5.41 Å². The van der Waals surface area contributed by atoms with E-state index in [1.165, 1.54) is 33.0 Å². The van der Waals surface area contributed by atoms with Crippen molar-refractivity contribution in [2.24, 2.45) is 0 Å². The lowest BCUT2D eigenvalue weighted by atomic mass is 9.81. The standard InChI is InChI=1S/C67H46N2O2/c1-67(2)59-41-51(68(47-19-5-3-6-20-47)49-23-15-17-43(37-49)45-31-34-55-53-26-11-13-29-62(53)70-64(55)39-45)33-36-58(59)66-57-28-10-9-25-52(57)61(42-60(66)67)69(48-21-7-4-8-22-48)50-24-16-18-44(38-50)46-32-35-56-54-27-12-14-30-63(54)71-65(56)40-46/h3-42H,1-2H3. The maximum absolute atomic E-state index is 6.36. The van der Waals surface area contributed by atoms with Gasteiger partial charge in [-0.05, 0) is 153 Å². The fraction of sp³-hybridized carbons (Fsp3) is 0.0448. The monoisotopic (exact) mass is 910 g/mol. The summed E-state index contributed by atoms with van der Waals surface area (Å²) in [5.41, 5.74) is 19.5. The first kappa shape index (κ1) is 40.9. The molecule has 1 aliphatic carbocycles. The predicted octanol–water partition coefficient (Wildman–Crippen LogP) is 19.2. The maximum Gasteiger partial charge on any atom is 0.136 e. The van der Waals surface area contributed by atoms with Crippen molar-refractivity contribution in [3.8, 4) is 33.4 Å². The number of benzene rings is 11. The van der Waals surface area contributed by atoms with Gasteiger partial charge >= 0.3 is 0 Å². The van der Waals surface area contributed by atoms with Gasteiger partial charge in [-0.15, -0.1) is 0 Å². The Bertz CT molecular complexity index is 4220. The molecule has 0 unspecified atom stereocenters. The summed E-state index contributed by atoms with van der Waals surface area (Å²) in [5.74, 6) is 0. The van der Waals surface area contributed by atoms with E-state index in [0.717, 1.165) is 100 Å². The first-order chi connectivity index (χ1) is 34.9. The average molecular weight is 911 g/mol. The molecule has 0 bridgehead atoms. The van der Waals surface area contributed by atoms with Crippen LogP contribution in [0, 0.1) is 0 Å². The van der Waals surface area contributed by atoms with Crippen molar-refractivity contribution in [2.45, 2.75) is 19.3 Å². The third-order valence-corrected chi connectivity index (χ3v) is 14.8. The van der Waals surface area contributed by atoms with Crippen LogP contribution < -0.4 is 9.80 Å². The molecule has 0 N–H and O–H groups in total. The molecular weight excluding hydrogens is 865 g/mol. The summed E-state index contributed by atoms with van der Waals surface area (Å²) in [6.45, 7) is 4.78. The van der Waals surface area contributed by atoms with Crippen LogP contribution in [0.4, 0.5) is 34.1 Å². The van der Waals surface area contributed by atoms with E-state index in [9.17, 15) is 0 Å². The number of rotatable bonds is 8. The molecule has 0 spiro atoms. The van der Waals surface area contributed by atoms with Crippen molar-refractivity contribution in [2.75, 3.05) is 9.80 Å². The Kier molecular flexibility index (Phi) is 9.21. The van der Waals surface area contributed by atoms with Crippen molar-refractivity contribution in [3.63, 3.8) is 0 Å². The van der Waals surface area contributed by atoms with Gasteiger partial charge in [-0.25, -0.2) is 0 Å². The lowest BCUT2D eigenvalue weighted by Gasteiger charge is -2.30. The van der Waals surface area contributed by atoms with E-state index in [1.807, 2.05) is 24.3 Å². The molecule has 0 saturated heterocycles. The maximum atomic E-state index is 6.36. The second-order valence-electron chi connectivity index (χ2n) is 19.3. The van der Waals surface area contributed by atoms with Crippen molar-refractivity contribution in [3.05, 3.63) is 254 Å². The summed E-state index contributed by atoms with van der Waals surface area (Å²) in [7, 11) is 0. The second kappa shape index (κ2) is 16.0. The summed E-state index contributed by atoms with van der Waals surface area (Å²) in [6.07, 6.45) is 0. The lowest BCUT2D eigenvalue weighted by Crippen LogP contribution is -2.18. The Hall–Kier alpha value is -9.12. The van der Waals surface area contributed by atoms with Gasteiger partial charge in [0.15, 0.2) is 0 Å². The molecule has 71 heavy (non-hydrogen) atoms. The highest BCUT2D eigenvalue weighted by Crippen LogP contribution is 2.56. The number of hydrogen-bond acceptors (Lipinski definition) is 4. The molecule has 14 rings (SSSR count). The van der Waals surface area contributed by atoms with Crippen molar-refractivity contribution in [1.29, 1.82) is 0 Å². The normalized spacial score (nSPS) is 12.8. The van der Waals surface area contributed by atoms with Gasteiger partial charge in [-0.1, -0.05) is 153 Å². The summed E-state index contributed by atoms with van der Waals surface area (Å²) >= 11 is 0. The summed E-state index contributed by atoms with van der Waals surface area (Å²) < 4.78 is 12.7. The zero-order chi connectivity index (χ0) is 47.2. The van der Waals surface area contributed by atoms with Crippen LogP contribution in [-0.4, -0.2) is 0 Å². The Morgan fingerprint density at radius 1 is 0.296 bits per heavy atom. The first-order valence-electron chi connectivity index (χ1n) is 24.4. The minimum atomic E-state index is -0.335. The van der Waals surface area contributed by atoms with E-state index < -0.39 is 0 Å². The van der Waals surface area contributed by atoms with Crippen LogP contribution in [-0.2, 0) is 5.41 Å². The lowest BCUT2D eigenvalue weighted by molar-refractivity contribution is 0.661. The molecule has 4 heteroatoms. The molecule has 13 aromatic rings. The van der Waals surface area contributed by atoms with Gasteiger partial charge in [0, 0.05) is 60.8 Å². The fourth-order valence-electron chi connectivity index (χ4n) is 11.4. The topological polar surface area (TPSA) is 32.8 Å². The van der Waals surface area contributed by atoms with E-state index in [2.05, 4.69) is 242 Å². The van der Waals surface area contributed by atoms with Gasteiger partial charge in [-0.2, -0.15) is 0 Å². The summed E-state index contributed by atoms with van der Waals surface area (Å²) in [5, 5.41) is 6.96. The van der Waals surface area contributed by atoms with Gasteiger partial charge in [0.25, 0.3) is 0 Å². The summed E-state index contributed by atoms with van der Waals surface area (Å²) in [6, 6.07) is 87.5.